The fourth-order valence-electron chi connectivity index (χ4n) is 1.61. The molecule has 0 fully saturated rings. The van der Waals surface area contributed by atoms with Gasteiger partial charge in [0.2, 0.25) is 5.91 Å². The number of carbonyl (C=O) groups excluding carboxylic acids is 1. The number of hydrogen-bond donors (Lipinski definition) is 2. The zero-order chi connectivity index (χ0) is 11.8. The van der Waals surface area contributed by atoms with Gasteiger partial charge in [0.15, 0.2) is 0 Å². The van der Waals surface area contributed by atoms with Gasteiger partial charge in [0.1, 0.15) is 0 Å². The number of nitrogens with two attached hydrogens (primary N) is 1. The van der Waals surface area contributed by atoms with Crippen LogP contribution in [-0.2, 0) is 4.79 Å². The highest BCUT2D eigenvalue weighted by molar-refractivity contribution is 5.76. The molecule has 3 N–H and O–H groups in total. The van der Waals surface area contributed by atoms with E-state index in [9.17, 15) is 4.79 Å². The lowest BCUT2D eigenvalue weighted by atomic mass is 10.0. The van der Waals surface area contributed by atoms with Gasteiger partial charge >= 0.3 is 0 Å². The molecule has 0 aromatic heterocycles. The lowest BCUT2D eigenvalue weighted by Gasteiger charge is -2.16. The fraction of sp³-hybridized carbons (Fsp3) is 0.917. The van der Waals surface area contributed by atoms with Gasteiger partial charge in [-0.15, -0.1) is 0 Å². The van der Waals surface area contributed by atoms with Gasteiger partial charge in [-0.25, -0.2) is 0 Å². The van der Waals surface area contributed by atoms with Crippen molar-refractivity contribution >= 4 is 5.91 Å². The molecule has 0 radical (unpaired) electrons. The predicted molar refractivity (Wildman–Crippen MR) is 64.5 cm³/mol. The summed E-state index contributed by atoms with van der Waals surface area (Å²) in [5.41, 5.74) is 5.49. The fourth-order valence-corrected chi connectivity index (χ4v) is 1.61. The molecule has 0 saturated heterocycles. The summed E-state index contributed by atoms with van der Waals surface area (Å²) in [5, 5.41) is 3.01. The van der Waals surface area contributed by atoms with E-state index >= 15 is 0 Å². The average Bonchev–Trinajstić information content (AvgIpc) is 2.12. The van der Waals surface area contributed by atoms with E-state index in [4.69, 9.17) is 5.73 Å². The van der Waals surface area contributed by atoms with Crippen LogP contribution in [0.4, 0.5) is 0 Å². The van der Waals surface area contributed by atoms with Crippen LogP contribution in [0.5, 0.6) is 0 Å². The molecule has 3 heteroatoms. The summed E-state index contributed by atoms with van der Waals surface area (Å²) < 4.78 is 0. The molecule has 15 heavy (non-hydrogen) atoms. The van der Waals surface area contributed by atoms with Gasteiger partial charge in [-0.3, -0.25) is 4.79 Å². The van der Waals surface area contributed by atoms with Gasteiger partial charge in [-0.05, 0) is 38.1 Å². The second-order valence-electron chi connectivity index (χ2n) is 4.98. The lowest BCUT2D eigenvalue weighted by molar-refractivity contribution is -0.122. The van der Waals surface area contributed by atoms with Crippen LogP contribution in [0, 0.1) is 11.8 Å². The molecule has 0 aliphatic rings. The van der Waals surface area contributed by atoms with Crippen LogP contribution in [-0.4, -0.2) is 18.5 Å². The van der Waals surface area contributed by atoms with Crippen molar-refractivity contribution in [1.82, 2.24) is 5.32 Å². The van der Waals surface area contributed by atoms with Crippen molar-refractivity contribution in [2.45, 2.75) is 53.0 Å². The Morgan fingerprint density at radius 1 is 1.27 bits per heavy atom. The molecule has 0 bridgehead atoms. The Morgan fingerprint density at radius 3 is 2.33 bits per heavy atom. The molecule has 0 spiro atoms. The van der Waals surface area contributed by atoms with Gasteiger partial charge in [0.05, 0.1) is 0 Å². The normalized spacial score (nSPS) is 15.1. The van der Waals surface area contributed by atoms with Crippen molar-refractivity contribution in [1.29, 1.82) is 0 Å². The first-order valence-electron chi connectivity index (χ1n) is 5.95. The van der Waals surface area contributed by atoms with Crippen LogP contribution in [0.2, 0.25) is 0 Å². The predicted octanol–water partition coefficient (Wildman–Crippen LogP) is 1.91. The van der Waals surface area contributed by atoms with Gasteiger partial charge < -0.3 is 11.1 Å². The zero-order valence-electron chi connectivity index (χ0n) is 10.5. The van der Waals surface area contributed by atoms with Crippen LogP contribution in [0.15, 0.2) is 0 Å². The molecular formula is C12H26N2O. The first-order valence-corrected chi connectivity index (χ1v) is 5.95. The number of carbonyl (C=O) groups is 1. The molecule has 3 nitrogen and oxygen atoms in total. The molecular weight excluding hydrogens is 188 g/mol. The lowest BCUT2D eigenvalue weighted by Crippen LogP contribution is -2.33. The van der Waals surface area contributed by atoms with E-state index < -0.39 is 0 Å². The summed E-state index contributed by atoms with van der Waals surface area (Å²) in [6.07, 6.45) is 2.52. The molecule has 2 unspecified atom stereocenters. The summed E-state index contributed by atoms with van der Waals surface area (Å²) in [4.78, 5) is 11.5. The smallest absolute Gasteiger partial charge is 0.220 e. The van der Waals surface area contributed by atoms with E-state index in [0.717, 1.165) is 12.8 Å². The minimum absolute atomic E-state index is 0.156. The zero-order valence-corrected chi connectivity index (χ0v) is 10.5. The third-order valence-electron chi connectivity index (χ3n) is 2.50. The third-order valence-corrected chi connectivity index (χ3v) is 2.50. The van der Waals surface area contributed by atoms with E-state index in [1.807, 2.05) is 0 Å². The Kier molecular flexibility index (Phi) is 7.39. The summed E-state index contributed by atoms with van der Waals surface area (Å²) in [5.74, 6) is 1.22. The number of rotatable bonds is 7. The topological polar surface area (TPSA) is 55.1 Å². The quantitative estimate of drug-likeness (QED) is 0.680. The largest absolute Gasteiger partial charge is 0.354 e. The molecule has 90 valence electrons. The maximum absolute atomic E-state index is 11.5. The number of amides is 1. The van der Waals surface area contributed by atoms with Crippen LogP contribution >= 0.6 is 0 Å². The number of hydrogen-bond acceptors (Lipinski definition) is 2. The van der Waals surface area contributed by atoms with Gasteiger partial charge in [-0.1, -0.05) is 20.8 Å². The highest BCUT2D eigenvalue weighted by atomic mass is 16.1. The van der Waals surface area contributed by atoms with Crippen LogP contribution < -0.4 is 11.1 Å². The van der Waals surface area contributed by atoms with Gasteiger partial charge in [-0.2, -0.15) is 0 Å². The Balaban J connectivity index is 3.64. The van der Waals surface area contributed by atoms with Crippen molar-refractivity contribution in [3.05, 3.63) is 0 Å². The van der Waals surface area contributed by atoms with Crippen LogP contribution in [0.3, 0.4) is 0 Å². The first-order chi connectivity index (χ1) is 6.95. The van der Waals surface area contributed by atoms with E-state index in [0.29, 0.717) is 24.8 Å². The van der Waals surface area contributed by atoms with E-state index in [-0.39, 0.29) is 11.9 Å². The molecule has 0 rings (SSSR count). The van der Waals surface area contributed by atoms with Gasteiger partial charge in [0, 0.05) is 12.5 Å². The van der Waals surface area contributed by atoms with Crippen molar-refractivity contribution in [3.63, 3.8) is 0 Å². The Hall–Kier alpha value is -0.570. The minimum Gasteiger partial charge on any atom is -0.354 e. The molecule has 0 heterocycles. The Bertz CT molecular complexity index is 180. The molecule has 2 atom stereocenters. The summed E-state index contributed by atoms with van der Waals surface area (Å²) in [7, 11) is 0. The van der Waals surface area contributed by atoms with E-state index in [1.165, 1.54) is 0 Å². The molecule has 1 amide bonds. The monoisotopic (exact) mass is 214 g/mol. The Labute approximate surface area is 93.8 Å². The summed E-state index contributed by atoms with van der Waals surface area (Å²) in [6.45, 7) is 9.13. The van der Waals surface area contributed by atoms with Crippen molar-refractivity contribution in [2.75, 3.05) is 6.54 Å². The third kappa shape index (κ3) is 8.43. The highest BCUT2D eigenvalue weighted by Crippen LogP contribution is 2.06. The number of nitrogens with one attached hydrogen (secondary N) is 1. The summed E-state index contributed by atoms with van der Waals surface area (Å²) in [6, 6.07) is 0.283. The molecule has 0 aliphatic heterocycles. The molecule has 0 aromatic carbocycles. The van der Waals surface area contributed by atoms with Crippen molar-refractivity contribution in [2.24, 2.45) is 17.6 Å². The SMILES string of the molecule is CC(C)CC(C)NC(=O)CCC(C)CN. The molecule has 0 aliphatic carbocycles. The highest BCUT2D eigenvalue weighted by Gasteiger charge is 2.10. The first kappa shape index (κ1) is 14.4. The molecule has 0 aromatic rings. The van der Waals surface area contributed by atoms with E-state index in [2.05, 4.69) is 33.0 Å². The maximum Gasteiger partial charge on any atom is 0.220 e. The van der Waals surface area contributed by atoms with Crippen molar-refractivity contribution < 1.29 is 4.79 Å². The second kappa shape index (κ2) is 7.69. The van der Waals surface area contributed by atoms with Gasteiger partial charge in [0.25, 0.3) is 0 Å². The average molecular weight is 214 g/mol. The minimum atomic E-state index is 0.156. The molecule has 0 saturated carbocycles. The summed E-state index contributed by atoms with van der Waals surface area (Å²) >= 11 is 0. The van der Waals surface area contributed by atoms with Crippen LogP contribution in [0.1, 0.15) is 47.0 Å². The standard InChI is InChI=1S/C12H26N2O/c1-9(2)7-11(4)14-12(15)6-5-10(3)8-13/h9-11H,5-8,13H2,1-4H3,(H,14,15). The van der Waals surface area contributed by atoms with Crippen LogP contribution in [0.25, 0.3) is 0 Å². The second-order valence-corrected chi connectivity index (χ2v) is 4.98. The maximum atomic E-state index is 11.5. The van der Waals surface area contributed by atoms with E-state index in [1.54, 1.807) is 0 Å². The Morgan fingerprint density at radius 2 is 1.87 bits per heavy atom. The van der Waals surface area contributed by atoms with Crippen molar-refractivity contribution in [3.8, 4) is 0 Å².